The fourth-order valence-electron chi connectivity index (χ4n) is 3.59. The van der Waals surface area contributed by atoms with Gasteiger partial charge in [-0.2, -0.15) is 0 Å². The summed E-state index contributed by atoms with van der Waals surface area (Å²) in [4.78, 5) is 25.0. The molecule has 2 aromatic rings. The number of nitrogens with one attached hydrogen (secondary N) is 2. The highest BCUT2D eigenvalue weighted by atomic mass is 79.9. The Morgan fingerprint density at radius 3 is 2.32 bits per heavy atom. The monoisotopic (exact) mass is 486 g/mol. The summed E-state index contributed by atoms with van der Waals surface area (Å²) in [6, 6.07) is 12.6. The predicted octanol–water partition coefficient (Wildman–Crippen LogP) is 6.19. The van der Waals surface area contributed by atoms with Crippen molar-refractivity contribution in [3.05, 3.63) is 58.1 Å². The molecule has 2 aromatic carbocycles. The number of halogens is 1. The van der Waals surface area contributed by atoms with Crippen molar-refractivity contribution < 1.29 is 14.3 Å². The molecule has 5 nitrogen and oxygen atoms in total. The van der Waals surface area contributed by atoms with Gasteiger partial charge in [-0.15, -0.1) is 0 Å². The standard InChI is InChI=1S/C25H31BrN2O3/c1-17(2)14-15-31-23-13-10-19(16-22(23)26)25(30)28-21-11-8-18(9-12-21)24(29)27-20-6-4-3-5-7-20/h8-13,16-17,20H,3-7,14-15H2,1-2H3,(H,27,29)(H,28,30). The zero-order chi connectivity index (χ0) is 22.2. The van der Waals surface area contributed by atoms with Crippen LogP contribution >= 0.6 is 15.9 Å². The molecular formula is C25H31BrN2O3. The maximum Gasteiger partial charge on any atom is 0.255 e. The molecule has 0 bridgehead atoms. The van der Waals surface area contributed by atoms with Crippen molar-refractivity contribution in [2.24, 2.45) is 5.92 Å². The van der Waals surface area contributed by atoms with Gasteiger partial charge in [-0.25, -0.2) is 0 Å². The second kappa shape index (κ2) is 11.3. The van der Waals surface area contributed by atoms with Gasteiger partial charge in [-0.1, -0.05) is 33.1 Å². The zero-order valence-electron chi connectivity index (χ0n) is 18.2. The predicted molar refractivity (Wildman–Crippen MR) is 128 cm³/mol. The molecule has 0 radical (unpaired) electrons. The lowest BCUT2D eigenvalue weighted by molar-refractivity contribution is 0.0927. The van der Waals surface area contributed by atoms with E-state index >= 15 is 0 Å². The van der Waals surface area contributed by atoms with Crippen LogP contribution in [-0.4, -0.2) is 24.5 Å². The normalized spacial score (nSPS) is 14.3. The maximum absolute atomic E-state index is 12.6. The van der Waals surface area contributed by atoms with Crippen molar-refractivity contribution in [2.45, 2.75) is 58.4 Å². The largest absolute Gasteiger partial charge is 0.492 e. The smallest absolute Gasteiger partial charge is 0.255 e. The lowest BCUT2D eigenvalue weighted by atomic mass is 9.95. The van der Waals surface area contributed by atoms with Gasteiger partial charge in [-0.3, -0.25) is 9.59 Å². The van der Waals surface area contributed by atoms with Crippen molar-refractivity contribution >= 4 is 33.4 Å². The van der Waals surface area contributed by atoms with Gasteiger partial charge in [0.2, 0.25) is 0 Å². The first-order valence-corrected chi connectivity index (χ1v) is 11.9. The molecule has 0 heterocycles. The van der Waals surface area contributed by atoms with Crippen LogP contribution in [0.15, 0.2) is 46.9 Å². The van der Waals surface area contributed by atoms with Crippen molar-refractivity contribution in [1.82, 2.24) is 5.32 Å². The molecule has 1 saturated carbocycles. The first kappa shape index (κ1) is 23.3. The molecule has 3 rings (SSSR count). The minimum absolute atomic E-state index is 0.0539. The summed E-state index contributed by atoms with van der Waals surface area (Å²) >= 11 is 3.48. The molecule has 31 heavy (non-hydrogen) atoms. The van der Waals surface area contributed by atoms with Gasteiger partial charge >= 0.3 is 0 Å². The molecule has 0 aromatic heterocycles. The first-order valence-electron chi connectivity index (χ1n) is 11.1. The summed E-state index contributed by atoms with van der Waals surface area (Å²) in [7, 11) is 0. The van der Waals surface area contributed by atoms with Crippen LogP contribution in [0.2, 0.25) is 0 Å². The fraction of sp³-hybridized carbons (Fsp3) is 0.440. The lowest BCUT2D eigenvalue weighted by Gasteiger charge is -2.22. The Hall–Kier alpha value is -2.34. The second-order valence-corrected chi connectivity index (χ2v) is 9.37. The minimum atomic E-state index is -0.214. The van der Waals surface area contributed by atoms with Gasteiger partial charge in [0.05, 0.1) is 11.1 Å². The van der Waals surface area contributed by atoms with E-state index < -0.39 is 0 Å². The minimum Gasteiger partial charge on any atom is -0.492 e. The Kier molecular flexibility index (Phi) is 8.52. The summed E-state index contributed by atoms with van der Waals surface area (Å²) in [6.45, 7) is 4.95. The van der Waals surface area contributed by atoms with Gasteiger partial charge < -0.3 is 15.4 Å². The molecule has 0 atom stereocenters. The molecule has 1 fully saturated rings. The molecule has 166 valence electrons. The van der Waals surface area contributed by atoms with Crippen LogP contribution in [0.1, 0.15) is 73.1 Å². The number of rotatable bonds is 8. The third-order valence-electron chi connectivity index (χ3n) is 5.49. The average Bonchev–Trinajstić information content (AvgIpc) is 2.75. The van der Waals surface area contributed by atoms with Gasteiger partial charge in [-0.05, 0) is 83.6 Å². The Labute approximate surface area is 193 Å². The highest BCUT2D eigenvalue weighted by Crippen LogP contribution is 2.27. The third-order valence-corrected chi connectivity index (χ3v) is 6.11. The van der Waals surface area contributed by atoms with Crippen LogP contribution in [0.3, 0.4) is 0 Å². The number of carbonyl (C=O) groups excluding carboxylic acids is 2. The number of benzene rings is 2. The Bertz CT molecular complexity index is 890. The van der Waals surface area contributed by atoms with E-state index in [-0.39, 0.29) is 17.9 Å². The molecule has 0 unspecified atom stereocenters. The summed E-state index contributed by atoms with van der Waals surface area (Å²) in [5, 5.41) is 5.99. The summed E-state index contributed by atoms with van der Waals surface area (Å²) < 4.78 is 6.52. The number of ether oxygens (including phenoxy) is 1. The Morgan fingerprint density at radius 1 is 1.00 bits per heavy atom. The maximum atomic E-state index is 12.6. The van der Waals surface area contributed by atoms with Gasteiger partial charge in [0, 0.05) is 22.9 Å². The van der Waals surface area contributed by atoms with Crippen molar-refractivity contribution in [2.75, 3.05) is 11.9 Å². The number of carbonyl (C=O) groups is 2. The number of amides is 2. The average molecular weight is 487 g/mol. The molecule has 1 aliphatic carbocycles. The van der Waals surface area contributed by atoms with Crippen LogP contribution in [0.4, 0.5) is 5.69 Å². The highest BCUT2D eigenvalue weighted by molar-refractivity contribution is 9.10. The third kappa shape index (κ3) is 7.10. The number of hydrogen-bond donors (Lipinski definition) is 2. The summed E-state index contributed by atoms with van der Waals surface area (Å²) in [5.74, 6) is 1.04. The second-order valence-electron chi connectivity index (χ2n) is 8.52. The van der Waals surface area contributed by atoms with E-state index in [0.29, 0.717) is 29.3 Å². The molecule has 2 N–H and O–H groups in total. The van der Waals surface area contributed by atoms with Crippen molar-refractivity contribution in [1.29, 1.82) is 0 Å². The molecule has 1 aliphatic rings. The van der Waals surface area contributed by atoms with E-state index in [0.717, 1.165) is 29.5 Å². The zero-order valence-corrected chi connectivity index (χ0v) is 19.8. The van der Waals surface area contributed by atoms with Crippen LogP contribution in [0, 0.1) is 5.92 Å². The van der Waals surface area contributed by atoms with Crippen LogP contribution in [0.5, 0.6) is 5.75 Å². The van der Waals surface area contributed by atoms with Crippen molar-refractivity contribution in [3.8, 4) is 5.75 Å². The van der Waals surface area contributed by atoms with E-state index in [1.165, 1.54) is 19.3 Å². The van der Waals surface area contributed by atoms with Crippen LogP contribution in [-0.2, 0) is 0 Å². The SMILES string of the molecule is CC(C)CCOc1ccc(C(=O)Nc2ccc(C(=O)NC3CCCCC3)cc2)cc1Br. The van der Waals surface area contributed by atoms with Crippen molar-refractivity contribution in [3.63, 3.8) is 0 Å². The molecule has 0 aliphatic heterocycles. The summed E-state index contributed by atoms with van der Waals surface area (Å²) in [5.41, 5.74) is 1.78. The molecule has 6 heteroatoms. The number of anilines is 1. The first-order chi connectivity index (χ1) is 14.9. The quantitative estimate of drug-likeness (QED) is 0.467. The summed E-state index contributed by atoms with van der Waals surface area (Å²) in [6.07, 6.45) is 6.69. The van der Waals surface area contributed by atoms with E-state index in [2.05, 4.69) is 40.4 Å². The molecule has 0 spiro atoms. The van der Waals surface area contributed by atoms with E-state index in [9.17, 15) is 9.59 Å². The molecule has 0 saturated heterocycles. The van der Waals surface area contributed by atoms with Crippen LogP contribution < -0.4 is 15.4 Å². The van der Waals surface area contributed by atoms with E-state index in [4.69, 9.17) is 4.74 Å². The lowest BCUT2D eigenvalue weighted by Crippen LogP contribution is -2.36. The van der Waals surface area contributed by atoms with Crippen LogP contribution in [0.25, 0.3) is 0 Å². The number of hydrogen-bond acceptors (Lipinski definition) is 3. The van der Waals surface area contributed by atoms with Gasteiger partial charge in [0.1, 0.15) is 5.75 Å². The topological polar surface area (TPSA) is 67.4 Å². The van der Waals surface area contributed by atoms with E-state index in [1.807, 2.05) is 0 Å². The molecule has 2 amide bonds. The Balaban J connectivity index is 1.55. The fourth-order valence-corrected chi connectivity index (χ4v) is 4.08. The van der Waals surface area contributed by atoms with Gasteiger partial charge in [0.25, 0.3) is 11.8 Å². The van der Waals surface area contributed by atoms with E-state index in [1.54, 1.807) is 42.5 Å². The highest BCUT2D eigenvalue weighted by Gasteiger charge is 2.17. The Morgan fingerprint density at radius 2 is 1.68 bits per heavy atom. The molecular weight excluding hydrogens is 456 g/mol. The van der Waals surface area contributed by atoms with Gasteiger partial charge in [0.15, 0.2) is 0 Å².